The van der Waals surface area contributed by atoms with Gasteiger partial charge in [0.25, 0.3) is 5.91 Å². The number of carbonyl (C=O) groups excluding carboxylic acids is 2. The van der Waals surface area contributed by atoms with Crippen molar-refractivity contribution >= 4 is 33.7 Å². The molecule has 5 nitrogen and oxygen atoms in total. The Kier molecular flexibility index (Phi) is 3.80. The third-order valence-corrected chi connectivity index (χ3v) is 4.72. The maximum absolute atomic E-state index is 11.9. The largest absolute Gasteiger partial charge is 0.397 e. The maximum Gasteiger partial charge on any atom is 0.256 e. The molecular weight excluding hydrogens is 262 g/mol. The Hall–Kier alpha value is -1.56. The molecule has 1 aliphatic rings. The molecule has 1 fully saturated rings. The maximum atomic E-state index is 11.9. The van der Waals surface area contributed by atoms with Crippen LogP contribution in [0.15, 0.2) is 0 Å². The van der Waals surface area contributed by atoms with Crippen LogP contribution in [0.2, 0.25) is 0 Å². The molecule has 1 amide bonds. The number of nitrogens with two attached hydrogens (primary N) is 1. The third-order valence-electron chi connectivity index (χ3n) is 3.48. The van der Waals surface area contributed by atoms with Crippen molar-refractivity contribution in [2.45, 2.75) is 32.7 Å². The highest BCUT2D eigenvalue weighted by Gasteiger charge is 2.37. The topological polar surface area (TPSA) is 84.2 Å². The van der Waals surface area contributed by atoms with Gasteiger partial charge in [0.05, 0.1) is 16.1 Å². The fraction of sp³-hybridized carbons (Fsp3) is 0.538. The van der Waals surface area contributed by atoms with E-state index >= 15 is 0 Å². The normalized spacial score (nSPS) is 21.0. The lowest BCUT2D eigenvalue weighted by Crippen LogP contribution is -2.20. The molecule has 2 unspecified atom stereocenters. The van der Waals surface area contributed by atoms with E-state index in [0.717, 1.165) is 12.8 Å². The van der Waals surface area contributed by atoms with Crippen molar-refractivity contribution < 1.29 is 9.59 Å². The second-order valence-electron chi connectivity index (χ2n) is 4.84. The Labute approximate surface area is 116 Å². The van der Waals surface area contributed by atoms with Gasteiger partial charge in [-0.05, 0) is 12.3 Å². The molecule has 19 heavy (non-hydrogen) atoms. The van der Waals surface area contributed by atoms with Gasteiger partial charge >= 0.3 is 0 Å². The van der Waals surface area contributed by atoms with E-state index in [-0.39, 0.29) is 17.4 Å². The number of ketones is 1. The number of thiophene rings is 1. The first-order valence-corrected chi connectivity index (χ1v) is 7.23. The Morgan fingerprint density at radius 3 is 2.63 bits per heavy atom. The van der Waals surface area contributed by atoms with Crippen LogP contribution in [0.1, 0.15) is 46.7 Å². The summed E-state index contributed by atoms with van der Waals surface area (Å²) >= 11 is 1.27. The molecule has 0 aliphatic heterocycles. The lowest BCUT2D eigenvalue weighted by molar-refractivity contribution is 0.0965. The summed E-state index contributed by atoms with van der Waals surface area (Å²) in [4.78, 5) is 23.9. The standard InChI is InChI=1S/C13H19N3O2S/c1-4-7-5-8(7)16-13-9(12(18)15-3)10(14)11(19-13)6(2)17/h7-8,16H,4-5,14H2,1-3H3,(H,15,18). The number of Topliss-reactive ketones (excluding diaryl/α,β-unsaturated/α-hetero) is 1. The van der Waals surface area contributed by atoms with Crippen LogP contribution in [0.3, 0.4) is 0 Å². The molecule has 6 heteroatoms. The quantitative estimate of drug-likeness (QED) is 0.722. The minimum absolute atomic E-state index is 0.108. The third kappa shape index (κ3) is 2.58. The average molecular weight is 281 g/mol. The highest BCUT2D eigenvalue weighted by atomic mass is 32.1. The first kappa shape index (κ1) is 13.9. The van der Waals surface area contributed by atoms with Crippen molar-refractivity contribution in [1.29, 1.82) is 0 Å². The lowest BCUT2D eigenvalue weighted by Gasteiger charge is -2.06. The molecule has 1 heterocycles. The molecule has 2 rings (SSSR count). The van der Waals surface area contributed by atoms with Crippen molar-refractivity contribution in [2.75, 3.05) is 18.1 Å². The minimum atomic E-state index is -0.252. The van der Waals surface area contributed by atoms with Crippen LogP contribution in [-0.4, -0.2) is 24.8 Å². The highest BCUT2D eigenvalue weighted by molar-refractivity contribution is 7.19. The smallest absolute Gasteiger partial charge is 0.256 e. The summed E-state index contributed by atoms with van der Waals surface area (Å²) < 4.78 is 0. The predicted molar refractivity (Wildman–Crippen MR) is 77.9 cm³/mol. The summed E-state index contributed by atoms with van der Waals surface area (Å²) in [6.45, 7) is 3.61. The summed E-state index contributed by atoms with van der Waals surface area (Å²) in [5.41, 5.74) is 6.62. The number of amides is 1. The van der Waals surface area contributed by atoms with Gasteiger partial charge < -0.3 is 16.4 Å². The van der Waals surface area contributed by atoms with E-state index in [1.54, 1.807) is 7.05 Å². The van der Waals surface area contributed by atoms with Crippen molar-refractivity contribution in [2.24, 2.45) is 5.92 Å². The van der Waals surface area contributed by atoms with Gasteiger partial charge in [-0.1, -0.05) is 13.3 Å². The summed E-state index contributed by atoms with van der Waals surface area (Å²) in [7, 11) is 1.56. The zero-order valence-electron chi connectivity index (χ0n) is 11.4. The molecule has 1 aromatic heterocycles. The van der Waals surface area contributed by atoms with Crippen molar-refractivity contribution in [3.8, 4) is 0 Å². The molecule has 0 spiro atoms. The highest BCUT2D eigenvalue weighted by Crippen LogP contribution is 2.42. The van der Waals surface area contributed by atoms with Gasteiger partial charge in [0.1, 0.15) is 5.00 Å². The van der Waals surface area contributed by atoms with Gasteiger partial charge in [-0.2, -0.15) is 0 Å². The molecule has 0 bridgehead atoms. The van der Waals surface area contributed by atoms with E-state index in [1.165, 1.54) is 18.3 Å². The number of carbonyl (C=O) groups is 2. The number of nitrogen functional groups attached to an aromatic ring is 1. The number of anilines is 2. The Balaban J connectivity index is 2.32. The van der Waals surface area contributed by atoms with Gasteiger partial charge in [-0.3, -0.25) is 9.59 Å². The van der Waals surface area contributed by atoms with Gasteiger partial charge in [0.2, 0.25) is 0 Å². The van der Waals surface area contributed by atoms with E-state index in [0.29, 0.717) is 27.4 Å². The van der Waals surface area contributed by atoms with Crippen LogP contribution < -0.4 is 16.4 Å². The minimum Gasteiger partial charge on any atom is -0.397 e. The number of rotatable bonds is 5. The molecule has 0 radical (unpaired) electrons. The van der Waals surface area contributed by atoms with Crippen LogP contribution >= 0.6 is 11.3 Å². The van der Waals surface area contributed by atoms with Gasteiger partial charge in [-0.15, -0.1) is 11.3 Å². The second-order valence-corrected chi connectivity index (χ2v) is 5.86. The monoisotopic (exact) mass is 281 g/mol. The van der Waals surface area contributed by atoms with Crippen LogP contribution in [0.5, 0.6) is 0 Å². The summed E-state index contributed by atoms with van der Waals surface area (Å²) in [5.74, 6) is 0.294. The van der Waals surface area contributed by atoms with Crippen molar-refractivity contribution in [1.82, 2.24) is 5.32 Å². The zero-order valence-corrected chi connectivity index (χ0v) is 12.2. The Morgan fingerprint density at radius 1 is 1.47 bits per heavy atom. The molecule has 2 atom stereocenters. The van der Waals surface area contributed by atoms with Gasteiger partial charge in [-0.25, -0.2) is 0 Å². The molecule has 0 aromatic carbocycles. The van der Waals surface area contributed by atoms with Crippen LogP contribution in [0, 0.1) is 5.92 Å². The molecule has 1 saturated carbocycles. The fourth-order valence-electron chi connectivity index (χ4n) is 2.20. The molecular formula is C13H19N3O2S. The van der Waals surface area contributed by atoms with Gasteiger partial charge in [0.15, 0.2) is 5.78 Å². The van der Waals surface area contributed by atoms with Gasteiger partial charge in [0, 0.05) is 20.0 Å². The lowest BCUT2D eigenvalue weighted by atomic mass is 10.2. The van der Waals surface area contributed by atoms with E-state index in [1.807, 2.05) is 0 Å². The van der Waals surface area contributed by atoms with Crippen molar-refractivity contribution in [3.05, 3.63) is 10.4 Å². The van der Waals surface area contributed by atoms with E-state index in [2.05, 4.69) is 17.6 Å². The second kappa shape index (κ2) is 5.21. The Bertz CT molecular complexity index is 524. The number of hydrogen-bond donors (Lipinski definition) is 3. The number of nitrogens with one attached hydrogen (secondary N) is 2. The molecule has 0 saturated heterocycles. The van der Waals surface area contributed by atoms with Crippen molar-refractivity contribution in [3.63, 3.8) is 0 Å². The predicted octanol–water partition coefficient (Wildman–Crippen LogP) is 2.10. The van der Waals surface area contributed by atoms with Crippen LogP contribution in [0.4, 0.5) is 10.7 Å². The first-order chi connectivity index (χ1) is 8.99. The Morgan fingerprint density at radius 2 is 2.16 bits per heavy atom. The average Bonchev–Trinajstić information content (AvgIpc) is 3.04. The van der Waals surface area contributed by atoms with Crippen LogP contribution in [0.25, 0.3) is 0 Å². The molecule has 104 valence electrons. The van der Waals surface area contributed by atoms with E-state index in [9.17, 15) is 9.59 Å². The van der Waals surface area contributed by atoms with Crippen LogP contribution in [-0.2, 0) is 0 Å². The molecule has 4 N–H and O–H groups in total. The molecule has 1 aromatic rings. The zero-order chi connectivity index (χ0) is 14.2. The number of hydrogen-bond acceptors (Lipinski definition) is 5. The summed E-state index contributed by atoms with van der Waals surface area (Å²) in [5, 5.41) is 6.62. The van der Waals surface area contributed by atoms with E-state index in [4.69, 9.17) is 5.73 Å². The summed E-state index contributed by atoms with van der Waals surface area (Å²) in [6, 6.07) is 0.395. The fourth-order valence-corrected chi connectivity index (χ4v) is 3.28. The molecule has 1 aliphatic carbocycles. The first-order valence-electron chi connectivity index (χ1n) is 6.41. The summed E-state index contributed by atoms with van der Waals surface area (Å²) in [6.07, 6.45) is 2.23. The van der Waals surface area contributed by atoms with E-state index < -0.39 is 0 Å². The SMILES string of the molecule is CCC1CC1Nc1sc(C(C)=O)c(N)c1C(=O)NC.